The van der Waals surface area contributed by atoms with Crippen LogP contribution in [0.2, 0.25) is 0 Å². The van der Waals surface area contributed by atoms with Crippen LogP contribution < -0.4 is 0 Å². The second kappa shape index (κ2) is 8.33. The number of carbonyl (C=O) groups excluding carboxylic acids is 1. The van der Waals surface area contributed by atoms with Crippen molar-refractivity contribution in [2.24, 2.45) is 0 Å². The minimum Gasteiger partial charge on any atom is -0.461 e. The molecular formula is C13H20FNO3. The van der Waals surface area contributed by atoms with Gasteiger partial charge in [-0.15, -0.1) is 0 Å². The van der Waals surface area contributed by atoms with Gasteiger partial charge in [0.15, 0.2) is 11.4 Å². The number of fused-ring (bicyclic) bond motifs is 1. The molecule has 5 heteroatoms. The van der Waals surface area contributed by atoms with E-state index in [9.17, 15) is 9.18 Å². The van der Waals surface area contributed by atoms with Crippen molar-refractivity contribution in [2.45, 2.75) is 34.6 Å². The van der Waals surface area contributed by atoms with Crippen LogP contribution >= 0.6 is 0 Å². The molecule has 2 aromatic rings. The van der Waals surface area contributed by atoms with E-state index in [0.29, 0.717) is 5.58 Å². The van der Waals surface area contributed by atoms with Gasteiger partial charge in [-0.1, -0.05) is 27.7 Å². The lowest BCUT2D eigenvalue weighted by Gasteiger charge is -1.96. The first-order chi connectivity index (χ1) is 8.72. The highest BCUT2D eigenvalue weighted by Crippen LogP contribution is 2.20. The lowest BCUT2D eigenvalue weighted by atomic mass is 10.4. The molecule has 0 spiro atoms. The average Bonchev–Trinajstić information content (AvgIpc) is 2.98. The number of aromatic amines is 1. The highest BCUT2D eigenvalue weighted by Gasteiger charge is 2.14. The van der Waals surface area contributed by atoms with Gasteiger partial charge in [-0.3, -0.25) is 0 Å². The number of halogens is 1. The number of rotatable bonds is 2. The van der Waals surface area contributed by atoms with Crippen molar-refractivity contribution in [1.82, 2.24) is 4.98 Å². The molecule has 0 aliphatic heterocycles. The van der Waals surface area contributed by atoms with Crippen molar-refractivity contribution >= 4 is 17.1 Å². The van der Waals surface area contributed by atoms with Crippen LogP contribution in [0.3, 0.4) is 0 Å². The number of hydrogen-bond donors (Lipinski definition) is 1. The van der Waals surface area contributed by atoms with E-state index in [2.05, 4.69) is 4.98 Å². The van der Waals surface area contributed by atoms with E-state index < -0.39 is 11.8 Å². The fraction of sp³-hybridized carbons (Fsp3) is 0.462. The molecule has 0 aromatic carbocycles. The first kappa shape index (κ1) is 16.2. The number of esters is 1. The molecule has 0 aliphatic carbocycles. The molecule has 0 saturated heterocycles. The molecule has 2 heterocycles. The predicted molar refractivity (Wildman–Crippen MR) is 69.2 cm³/mol. The van der Waals surface area contributed by atoms with Gasteiger partial charge in [0.2, 0.25) is 0 Å². The molecule has 0 bridgehead atoms. The molecule has 2 aromatic heterocycles. The van der Waals surface area contributed by atoms with Crippen LogP contribution in [0.15, 0.2) is 16.7 Å². The highest BCUT2D eigenvalue weighted by atomic mass is 19.1. The monoisotopic (exact) mass is 257 g/mol. The van der Waals surface area contributed by atoms with E-state index in [1.54, 1.807) is 6.92 Å². The predicted octanol–water partition coefficient (Wildman–Crippen LogP) is 4.13. The maximum Gasteiger partial charge on any atom is 0.354 e. The number of nitrogens with one attached hydrogen (secondary N) is 1. The Balaban J connectivity index is 0.000000659. The minimum atomic E-state index is -0.518. The third-order valence-corrected chi connectivity index (χ3v) is 1.81. The Labute approximate surface area is 106 Å². The number of ether oxygens (including phenoxy) is 1. The molecule has 1 N–H and O–H groups in total. The van der Waals surface area contributed by atoms with Crippen LogP contribution in [0.1, 0.15) is 45.1 Å². The van der Waals surface area contributed by atoms with Gasteiger partial charge in [0, 0.05) is 6.07 Å². The van der Waals surface area contributed by atoms with Crippen molar-refractivity contribution in [3.05, 3.63) is 23.8 Å². The summed E-state index contributed by atoms with van der Waals surface area (Å²) in [7, 11) is 0. The van der Waals surface area contributed by atoms with Crippen LogP contribution in [0.25, 0.3) is 11.1 Å². The van der Waals surface area contributed by atoms with E-state index in [1.807, 2.05) is 27.7 Å². The minimum absolute atomic E-state index is 0.188. The Hall–Kier alpha value is -1.78. The van der Waals surface area contributed by atoms with Crippen LogP contribution in [0, 0.1) is 5.82 Å². The number of furan rings is 1. The van der Waals surface area contributed by atoms with Crippen LogP contribution in [-0.4, -0.2) is 17.6 Å². The topological polar surface area (TPSA) is 55.2 Å². The van der Waals surface area contributed by atoms with E-state index in [4.69, 9.17) is 9.15 Å². The van der Waals surface area contributed by atoms with Gasteiger partial charge in [-0.25, -0.2) is 9.18 Å². The summed E-state index contributed by atoms with van der Waals surface area (Å²) < 4.78 is 22.5. The zero-order valence-electron chi connectivity index (χ0n) is 11.5. The largest absolute Gasteiger partial charge is 0.461 e. The SMILES string of the molecule is CC.CC.CCOC(=O)c1cc2occ(F)c2[nH]1. The molecular weight excluding hydrogens is 237 g/mol. The molecule has 0 saturated carbocycles. The Morgan fingerprint density at radius 2 is 2.00 bits per heavy atom. The molecule has 0 aliphatic rings. The van der Waals surface area contributed by atoms with Crippen molar-refractivity contribution < 1.29 is 18.3 Å². The summed E-state index contributed by atoms with van der Waals surface area (Å²) in [6.07, 6.45) is 0.982. The van der Waals surface area contributed by atoms with Crippen molar-refractivity contribution in [3.63, 3.8) is 0 Å². The smallest absolute Gasteiger partial charge is 0.354 e. The van der Waals surface area contributed by atoms with Gasteiger partial charge < -0.3 is 14.1 Å². The summed E-state index contributed by atoms with van der Waals surface area (Å²) in [5.74, 6) is -1.03. The molecule has 0 unspecified atom stereocenters. The van der Waals surface area contributed by atoms with E-state index in [0.717, 1.165) is 6.26 Å². The fourth-order valence-corrected chi connectivity index (χ4v) is 1.20. The van der Waals surface area contributed by atoms with Gasteiger partial charge in [0.1, 0.15) is 17.5 Å². The van der Waals surface area contributed by atoms with Crippen molar-refractivity contribution in [3.8, 4) is 0 Å². The normalized spacial score (nSPS) is 9.00. The average molecular weight is 257 g/mol. The lowest BCUT2D eigenvalue weighted by molar-refractivity contribution is 0.0520. The Kier molecular flexibility index (Phi) is 7.51. The van der Waals surface area contributed by atoms with Crippen molar-refractivity contribution in [2.75, 3.05) is 6.61 Å². The number of aromatic nitrogens is 1. The van der Waals surface area contributed by atoms with Gasteiger partial charge in [-0.2, -0.15) is 0 Å². The van der Waals surface area contributed by atoms with E-state index in [1.165, 1.54) is 6.07 Å². The Morgan fingerprint density at radius 3 is 2.50 bits per heavy atom. The zero-order valence-corrected chi connectivity index (χ0v) is 11.5. The third-order valence-electron chi connectivity index (χ3n) is 1.81. The van der Waals surface area contributed by atoms with E-state index >= 15 is 0 Å². The molecule has 102 valence electrons. The fourth-order valence-electron chi connectivity index (χ4n) is 1.20. The summed E-state index contributed by atoms with van der Waals surface area (Å²) in [5, 5.41) is 0. The number of H-pyrrole nitrogens is 1. The molecule has 0 atom stereocenters. The maximum atomic E-state index is 12.9. The van der Waals surface area contributed by atoms with E-state index in [-0.39, 0.29) is 17.8 Å². The third kappa shape index (κ3) is 3.61. The van der Waals surface area contributed by atoms with Crippen LogP contribution in [0.5, 0.6) is 0 Å². The van der Waals surface area contributed by atoms with Gasteiger partial charge >= 0.3 is 5.97 Å². The van der Waals surface area contributed by atoms with Crippen LogP contribution in [0.4, 0.5) is 4.39 Å². The standard InChI is InChI=1S/C9H8FNO3.2C2H6/c1-2-13-9(12)6-3-7-8(11-6)5(10)4-14-7;2*1-2/h3-4,11H,2H2,1H3;2*1-2H3. The first-order valence-electron chi connectivity index (χ1n) is 6.15. The Bertz CT molecular complexity index is 473. The summed E-state index contributed by atoms with van der Waals surface area (Å²) in [5.41, 5.74) is 0.693. The lowest BCUT2D eigenvalue weighted by Crippen LogP contribution is -2.04. The molecule has 0 amide bonds. The van der Waals surface area contributed by atoms with Crippen molar-refractivity contribution in [1.29, 1.82) is 0 Å². The van der Waals surface area contributed by atoms with Gasteiger partial charge in [-0.05, 0) is 6.92 Å². The molecule has 2 rings (SSSR count). The zero-order chi connectivity index (χ0) is 14.1. The maximum absolute atomic E-state index is 12.9. The summed E-state index contributed by atoms with van der Waals surface area (Å²) in [4.78, 5) is 13.8. The molecule has 0 radical (unpaired) electrons. The highest BCUT2D eigenvalue weighted by molar-refractivity contribution is 5.93. The quantitative estimate of drug-likeness (QED) is 0.823. The molecule has 4 nitrogen and oxygen atoms in total. The van der Waals surface area contributed by atoms with Crippen LogP contribution in [-0.2, 0) is 4.74 Å². The summed E-state index contributed by atoms with van der Waals surface area (Å²) in [6.45, 7) is 9.98. The number of hydrogen-bond acceptors (Lipinski definition) is 3. The first-order valence-corrected chi connectivity index (χ1v) is 6.15. The summed E-state index contributed by atoms with van der Waals surface area (Å²) in [6, 6.07) is 1.41. The second-order valence-electron chi connectivity index (χ2n) is 2.73. The molecule has 18 heavy (non-hydrogen) atoms. The summed E-state index contributed by atoms with van der Waals surface area (Å²) >= 11 is 0. The molecule has 0 fully saturated rings. The van der Waals surface area contributed by atoms with Gasteiger partial charge in [0.05, 0.1) is 6.61 Å². The Morgan fingerprint density at radius 1 is 1.39 bits per heavy atom. The number of carbonyl (C=O) groups is 1. The second-order valence-corrected chi connectivity index (χ2v) is 2.73. The van der Waals surface area contributed by atoms with Gasteiger partial charge in [0.25, 0.3) is 0 Å².